The Balaban J connectivity index is 1.91. The SMILES string of the molecule is CC(NCC(=O)Nc1cc(F)cc(F)c1)c1ccccc1Cl. The van der Waals surface area contributed by atoms with Crippen molar-refractivity contribution in [2.45, 2.75) is 13.0 Å². The van der Waals surface area contributed by atoms with Crippen LogP contribution in [0.3, 0.4) is 0 Å². The van der Waals surface area contributed by atoms with Crippen molar-refractivity contribution < 1.29 is 13.6 Å². The van der Waals surface area contributed by atoms with Gasteiger partial charge in [0.15, 0.2) is 0 Å². The van der Waals surface area contributed by atoms with E-state index in [4.69, 9.17) is 11.6 Å². The van der Waals surface area contributed by atoms with Crippen molar-refractivity contribution in [3.8, 4) is 0 Å². The Bertz CT molecular complexity index is 659. The van der Waals surface area contributed by atoms with Crippen molar-refractivity contribution in [3.63, 3.8) is 0 Å². The summed E-state index contributed by atoms with van der Waals surface area (Å²) in [5, 5.41) is 6.04. The van der Waals surface area contributed by atoms with Gasteiger partial charge in [0.1, 0.15) is 11.6 Å². The van der Waals surface area contributed by atoms with Gasteiger partial charge in [-0.15, -0.1) is 0 Å². The van der Waals surface area contributed by atoms with Crippen LogP contribution in [0.4, 0.5) is 14.5 Å². The normalized spacial score (nSPS) is 12.0. The number of benzene rings is 2. The molecule has 0 aromatic heterocycles. The molecule has 6 heteroatoms. The fraction of sp³-hybridized carbons (Fsp3) is 0.188. The molecule has 0 aliphatic heterocycles. The quantitative estimate of drug-likeness (QED) is 0.875. The molecule has 0 saturated heterocycles. The molecule has 0 fully saturated rings. The monoisotopic (exact) mass is 324 g/mol. The number of nitrogens with one attached hydrogen (secondary N) is 2. The van der Waals surface area contributed by atoms with Gasteiger partial charge in [0.25, 0.3) is 0 Å². The van der Waals surface area contributed by atoms with Crippen molar-refractivity contribution in [2.75, 3.05) is 11.9 Å². The van der Waals surface area contributed by atoms with E-state index in [-0.39, 0.29) is 18.3 Å². The molecule has 0 aliphatic rings. The number of amides is 1. The van der Waals surface area contributed by atoms with E-state index in [2.05, 4.69) is 10.6 Å². The van der Waals surface area contributed by atoms with E-state index in [1.807, 2.05) is 25.1 Å². The molecule has 1 atom stereocenters. The van der Waals surface area contributed by atoms with Crippen LogP contribution in [0.25, 0.3) is 0 Å². The number of carbonyl (C=O) groups excluding carboxylic acids is 1. The van der Waals surface area contributed by atoms with Gasteiger partial charge in [-0.25, -0.2) is 8.78 Å². The van der Waals surface area contributed by atoms with Crippen molar-refractivity contribution in [2.24, 2.45) is 0 Å². The molecule has 2 aromatic rings. The summed E-state index contributed by atoms with van der Waals surface area (Å²) in [7, 11) is 0. The van der Waals surface area contributed by atoms with E-state index in [0.29, 0.717) is 5.02 Å². The molecule has 0 radical (unpaired) electrons. The molecule has 22 heavy (non-hydrogen) atoms. The Morgan fingerprint density at radius 2 is 1.82 bits per heavy atom. The van der Waals surface area contributed by atoms with Gasteiger partial charge in [0, 0.05) is 22.8 Å². The highest BCUT2D eigenvalue weighted by molar-refractivity contribution is 6.31. The van der Waals surface area contributed by atoms with E-state index in [9.17, 15) is 13.6 Å². The van der Waals surface area contributed by atoms with Crippen LogP contribution in [0.15, 0.2) is 42.5 Å². The van der Waals surface area contributed by atoms with Crippen LogP contribution in [0.5, 0.6) is 0 Å². The standard InChI is InChI=1S/C16H15ClF2N2O/c1-10(14-4-2-3-5-15(14)17)20-9-16(22)21-13-7-11(18)6-12(19)8-13/h2-8,10,20H,9H2,1H3,(H,21,22). The number of halogens is 3. The maximum absolute atomic E-state index is 13.0. The van der Waals surface area contributed by atoms with Crippen LogP contribution in [0.2, 0.25) is 5.02 Å². The molecule has 0 aliphatic carbocycles. The van der Waals surface area contributed by atoms with Gasteiger partial charge in [-0.2, -0.15) is 0 Å². The topological polar surface area (TPSA) is 41.1 Å². The van der Waals surface area contributed by atoms with E-state index in [1.165, 1.54) is 0 Å². The third-order valence-electron chi connectivity index (χ3n) is 3.09. The molecule has 2 aromatic carbocycles. The molecule has 1 amide bonds. The van der Waals surface area contributed by atoms with Crippen LogP contribution in [-0.4, -0.2) is 12.5 Å². The second-order valence-electron chi connectivity index (χ2n) is 4.83. The second kappa shape index (κ2) is 7.33. The first-order valence-corrected chi connectivity index (χ1v) is 7.07. The smallest absolute Gasteiger partial charge is 0.238 e. The molecule has 2 N–H and O–H groups in total. The Morgan fingerprint density at radius 1 is 1.18 bits per heavy atom. The molecule has 0 spiro atoms. The Hall–Kier alpha value is -1.98. The van der Waals surface area contributed by atoms with E-state index in [1.54, 1.807) is 6.07 Å². The van der Waals surface area contributed by atoms with Crippen LogP contribution < -0.4 is 10.6 Å². The zero-order valence-electron chi connectivity index (χ0n) is 11.9. The highest BCUT2D eigenvalue weighted by atomic mass is 35.5. The van der Waals surface area contributed by atoms with Crippen molar-refractivity contribution in [3.05, 3.63) is 64.7 Å². The molecular formula is C16H15ClF2N2O. The van der Waals surface area contributed by atoms with Gasteiger partial charge in [-0.1, -0.05) is 29.8 Å². The molecule has 0 heterocycles. The number of anilines is 1. The third-order valence-corrected chi connectivity index (χ3v) is 3.43. The van der Waals surface area contributed by atoms with Crippen molar-refractivity contribution in [1.29, 1.82) is 0 Å². The minimum absolute atomic E-state index is 0.00940. The van der Waals surface area contributed by atoms with Crippen molar-refractivity contribution in [1.82, 2.24) is 5.32 Å². The maximum Gasteiger partial charge on any atom is 0.238 e. The van der Waals surface area contributed by atoms with Gasteiger partial charge >= 0.3 is 0 Å². The van der Waals surface area contributed by atoms with Gasteiger partial charge < -0.3 is 10.6 Å². The predicted octanol–water partition coefficient (Wildman–Crippen LogP) is 3.91. The maximum atomic E-state index is 13.0. The molecule has 0 saturated carbocycles. The highest BCUT2D eigenvalue weighted by Gasteiger charge is 2.11. The molecule has 116 valence electrons. The summed E-state index contributed by atoms with van der Waals surface area (Å²) in [4.78, 5) is 11.8. The van der Waals surface area contributed by atoms with Crippen LogP contribution in [-0.2, 0) is 4.79 Å². The number of hydrogen-bond donors (Lipinski definition) is 2. The lowest BCUT2D eigenvalue weighted by molar-refractivity contribution is -0.115. The lowest BCUT2D eigenvalue weighted by atomic mass is 10.1. The lowest BCUT2D eigenvalue weighted by Gasteiger charge is -2.15. The van der Waals surface area contributed by atoms with Gasteiger partial charge in [-0.3, -0.25) is 4.79 Å². The number of carbonyl (C=O) groups is 1. The third kappa shape index (κ3) is 4.51. The Labute approximate surface area is 132 Å². The van der Waals surface area contributed by atoms with E-state index >= 15 is 0 Å². The Kier molecular flexibility index (Phi) is 5.46. The first-order chi connectivity index (χ1) is 10.5. The minimum Gasteiger partial charge on any atom is -0.325 e. The fourth-order valence-electron chi connectivity index (χ4n) is 2.01. The molecule has 3 nitrogen and oxygen atoms in total. The first kappa shape index (κ1) is 16.4. The fourth-order valence-corrected chi connectivity index (χ4v) is 2.31. The number of hydrogen-bond acceptors (Lipinski definition) is 2. The predicted molar refractivity (Wildman–Crippen MR) is 82.9 cm³/mol. The lowest BCUT2D eigenvalue weighted by Crippen LogP contribution is -2.30. The molecule has 2 rings (SSSR count). The summed E-state index contributed by atoms with van der Waals surface area (Å²) in [6.07, 6.45) is 0. The largest absolute Gasteiger partial charge is 0.325 e. The summed E-state index contributed by atoms with van der Waals surface area (Å²) in [5.41, 5.74) is 0.948. The summed E-state index contributed by atoms with van der Waals surface area (Å²) < 4.78 is 26.1. The Morgan fingerprint density at radius 3 is 2.45 bits per heavy atom. The van der Waals surface area contributed by atoms with Gasteiger partial charge in [0.05, 0.1) is 6.54 Å². The van der Waals surface area contributed by atoms with E-state index < -0.39 is 17.5 Å². The average Bonchev–Trinajstić information content (AvgIpc) is 2.44. The van der Waals surface area contributed by atoms with Crippen molar-refractivity contribution >= 4 is 23.2 Å². The van der Waals surface area contributed by atoms with E-state index in [0.717, 1.165) is 23.8 Å². The summed E-state index contributed by atoms with van der Waals surface area (Å²) in [5.74, 6) is -1.88. The summed E-state index contributed by atoms with van der Waals surface area (Å²) >= 11 is 6.08. The highest BCUT2D eigenvalue weighted by Crippen LogP contribution is 2.21. The minimum atomic E-state index is -0.743. The first-order valence-electron chi connectivity index (χ1n) is 6.69. The summed E-state index contributed by atoms with van der Waals surface area (Å²) in [6.45, 7) is 1.86. The second-order valence-corrected chi connectivity index (χ2v) is 5.24. The average molecular weight is 325 g/mol. The van der Waals surface area contributed by atoms with Crippen LogP contribution in [0.1, 0.15) is 18.5 Å². The number of rotatable bonds is 5. The van der Waals surface area contributed by atoms with Crippen LogP contribution >= 0.6 is 11.6 Å². The molecular weight excluding hydrogens is 310 g/mol. The summed E-state index contributed by atoms with van der Waals surface area (Å²) in [6, 6.07) is 10.0. The van der Waals surface area contributed by atoms with Crippen LogP contribution in [0, 0.1) is 11.6 Å². The zero-order chi connectivity index (χ0) is 16.1. The van der Waals surface area contributed by atoms with Gasteiger partial charge in [0.2, 0.25) is 5.91 Å². The molecule has 0 bridgehead atoms. The molecule has 1 unspecified atom stereocenters. The van der Waals surface area contributed by atoms with Gasteiger partial charge in [-0.05, 0) is 30.7 Å². The zero-order valence-corrected chi connectivity index (χ0v) is 12.6.